The van der Waals surface area contributed by atoms with E-state index in [9.17, 15) is 35.5 Å². The van der Waals surface area contributed by atoms with Crippen LogP contribution in [0.2, 0.25) is 0 Å². The van der Waals surface area contributed by atoms with Crippen molar-refractivity contribution in [3.8, 4) is 11.5 Å². The molecule has 0 heterocycles. The predicted molar refractivity (Wildman–Crippen MR) is 65.0 cm³/mol. The van der Waals surface area contributed by atoms with Gasteiger partial charge in [-0.25, -0.2) is 0 Å². The molecule has 0 atom stereocenters. The first-order chi connectivity index (χ1) is 8.67. The van der Waals surface area contributed by atoms with E-state index in [1.165, 1.54) is 0 Å². The van der Waals surface area contributed by atoms with E-state index in [4.69, 9.17) is 13.7 Å². The van der Waals surface area contributed by atoms with Crippen molar-refractivity contribution in [2.24, 2.45) is 0 Å². The number of hydrogen-bond acceptors (Lipinski definition) is 8. The minimum absolute atomic E-state index is 0. The van der Waals surface area contributed by atoms with E-state index in [0.29, 0.717) is 0 Å². The molecule has 0 aliphatic rings. The van der Waals surface area contributed by atoms with Crippen molar-refractivity contribution < 1.29 is 49.1 Å². The van der Waals surface area contributed by atoms with Gasteiger partial charge in [0, 0.05) is 29.6 Å². The van der Waals surface area contributed by atoms with E-state index in [1.54, 1.807) is 0 Å². The summed E-state index contributed by atoms with van der Waals surface area (Å²) in [5.74, 6) is -3.61. The number of aromatic hydroxyl groups is 2. The molecule has 1 aromatic carbocycles. The molecular formula is C6H6NaO11S3. The van der Waals surface area contributed by atoms with Gasteiger partial charge in [0.2, 0.25) is 0 Å². The van der Waals surface area contributed by atoms with E-state index >= 15 is 0 Å². The Hall–Kier alpha value is -0.450. The Kier molecular flexibility index (Phi) is 5.85. The molecule has 0 unspecified atom stereocenters. The van der Waals surface area contributed by atoms with Gasteiger partial charge in [0.25, 0.3) is 30.4 Å². The van der Waals surface area contributed by atoms with Gasteiger partial charge in [-0.1, -0.05) is 0 Å². The Morgan fingerprint density at radius 1 is 0.667 bits per heavy atom. The molecule has 0 aliphatic carbocycles. The van der Waals surface area contributed by atoms with Gasteiger partial charge in [-0.2, -0.15) is 25.3 Å². The van der Waals surface area contributed by atoms with Gasteiger partial charge in [-0.3, -0.25) is 13.7 Å². The molecule has 0 saturated heterocycles. The normalized spacial score (nSPS) is 12.7. The van der Waals surface area contributed by atoms with Gasteiger partial charge < -0.3 is 10.2 Å². The van der Waals surface area contributed by atoms with Crippen molar-refractivity contribution in [3.05, 3.63) is 6.07 Å². The van der Waals surface area contributed by atoms with E-state index in [-0.39, 0.29) is 35.6 Å². The topological polar surface area (TPSA) is 204 Å². The molecule has 11 nitrogen and oxygen atoms in total. The maximum absolute atomic E-state index is 11.0. The summed E-state index contributed by atoms with van der Waals surface area (Å²) in [5, 5.41) is 18.5. The van der Waals surface area contributed by atoms with E-state index in [0.717, 1.165) is 0 Å². The van der Waals surface area contributed by atoms with Crippen molar-refractivity contribution in [1.29, 1.82) is 0 Å². The molecule has 0 saturated carbocycles. The van der Waals surface area contributed by atoms with E-state index in [2.05, 4.69) is 0 Å². The third-order valence-electron chi connectivity index (χ3n) is 1.97. The molecule has 0 aromatic heterocycles. The van der Waals surface area contributed by atoms with Crippen LogP contribution in [0.25, 0.3) is 0 Å². The maximum atomic E-state index is 11.0. The average Bonchev–Trinajstić information content (AvgIpc) is 2.15. The molecule has 1 aromatic rings. The predicted octanol–water partition coefficient (Wildman–Crippen LogP) is -1.54. The summed E-state index contributed by atoms with van der Waals surface area (Å²) in [6.45, 7) is 0. The van der Waals surface area contributed by atoms with Gasteiger partial charge in [-0.05, 0) is 6.07 Å². The Morgan fingerprint density at radius 3 is 1.33 bits per heavy atom. The van der Waals surface area contributed by atoms with Crippen LogP contribution in [-0.2, 0) is 30.4 Å². The van der Waals surface area contributed by atoms with Crippen molar-refractivity contribution in [2.45, 2.75) is 14.7 Å². The fourth-order valence-corrected chi connectivity index (χ4v) is 3.80. The fourth-order valence-electron chi connectivity index (χ4n) is 1.23. The Labute approximate surface area is 140 Å². The summed E-state index contributed by atoms with van der Waals surface area (Å²) < 4.78 is 91.7. The minimum atomic E-state index is -5.46. The number of benzene rings is 1. The van der Waals surface area contributed by atoms with Crippen LogP contribution in [0.4, 0.5) is 0 Å². The van der Waals surface area contributed by atoms with Crippen LogP contribution in [0.15, 0.2) is 20.8 Å². The number of hydrogen-bond donors (Lipinski definition) is 5. The zero-order chi connectivity index (χ0) is 16.1. The summed E-state index contributed by atoms with van der Waals surface area (Å²) in [4.78, 5) is -5.18. The number of phenols is 2. The van der Waals surface area contributed by atoms with Crippen LogP contribution in [0.3, 0.4) is 0 Å². The van der Waals surface area contributed by atoms with E-state index < -0.39 is 56.5 Å². The zero-order valence-electron chi connectivity index (χ0n) is 9.99. The third-order valence-corrected chi connectivity index (χ3v) is 4.78. The summed E-state index contributed by atoms with van der Waals surface area (Å²) in [5.41, 5.74) is 0. The van der Waals surface area contributed by atoms with Crippen LogP contribution in [0, 0.1) is 0 Å². The largest absolute Gasteiger partial charge is 0.503 e. The van der Waals surface area contributed by atoms with Crippen molar-refractivity contribution in [1.82, 2.24) is 0 Å². The second-order valence-electron chi connectivity index (χ2n) is 3.32. The Morgan fingerprint density at radius 2 is 1.05 bits per heavy atom. The monoisotopic (exact) mass is 373 g/mol. The first-order valence-electron chi connectivity index (χ1n) is 4.18. The first-order valence-corrected chi connectivity index (χ1v) is 8.50. The number of phenolic OH excluding ortho intramolecular Hbond substituents is 2. The van der Waals surface area contributed by atoms with Gasteiger partial charge in [0.15, 0.2) is 16.4 Å². The molecular weight excluding hydrogens is 367 g/mol. The molecule has 1 rings (SSSR count). The van der Waals surface area contributed by atoms with Crippen molar-refractivity contribution in [3.63, 3.8) is 0 Å². The average molecular weight is 373 g/mol. The summed E-state index contributed by atoms with van der Waals surface area (Å²) in [6, 6.07) is -0.150. The maximum Gasteiger partial charge on any atom is 0.299 e. The SMILES string of the molecule is O=S(=O)(O)c1cc(S(=O)(=O)O)c(S(=O)(=O)O)c(O)c1O.[Na]. The fraction of sp³-hybridized carbons (Fsp3) is 0. The second-order valence-corrected chi connectivity index (χ2v) is 7.46. The molecule has 5 N–H and O–H groups in total. The second kappa shape index (κ2) is 5.98. The van der Waals surface area contributed by atoms with Crippen LogP contribution >= 0.6 is 0 Å². The summed E-state index contributed by atoms with van der Waals surface area (Å²) >= 11 is 0. The van der Waals surface area contributed by atoms with Gasteiger partial charge >= 0.3 is 0 Å². The summed E-state index contributed by atoms with van der Waals surface area (Å²) in [7, 11) is -16.1. The third kappa shape index (κ3) is 4.27. The molecule has 15 heteroatoms. The minimum Gasteiger partial charge on any atom is -0.503 e. The van der Waals surface area contributed by atoms with Gasteiger partial charge in [-0.15, -0.1) is 0 Å². The Balaban J connectivity index is 0.00000400. The number of rotatable bonds is 3. The van der Waals surface area contributed by atoms with Crippen LogP contribution in [-0.4, -0.2) is 78.7 Å². The first kappa shape index (κ1) is 20.6. The standard InChI is InChI=1S/C6H6O11S3.Na/c7-4-2(18(9,10)11)1-3(19(12,13)14)6(5(4)8)20(15,16)17;/h1,7-8H,(H,9,10,11)(H,12,13,14)(H,15,16,17);. The van der Waals surface area contributed by atoms with Crippen molar-refractivity contribution in [2.75, 3.05) is 0 Å². The molecule has 0 amide bonds. The molecule has 0 spiro atoms. The van der Waals surface area contributed by atoms with Crippen molar-refractivity contribution >= 4 is 59.9 Å². The molecule has 1 radical (unpaired) electrons. The molecule has 0 aliphatic heterocycles. The smallest absolute Gasteiger partial charge is 0.299 e. The van der Waals surface area contributed by atoms with Crippen LogP contribution in [0.1, 0.15) is 0 Å². The zero-order valence-corrected chi connectivity index (χ0v) is 14.4. The quantitative estimate of drug-likeness (QED) is 0.233. The van der Waals surface area contributed by atoms with Gasteiger partial charge in [0.05, 0.1) is 0 Å². The van der Waals surface area contributed by atoms with Crippen LogP contribution in [0.5, 0.6) is 11.5 Å². The molecule has 21 heavy (non-hydrogen) atoms. The van der Waals surface area contributed by atoms with E-state index in [1.807, 2.05) is 0 Å². The molecule has 0 fully saturated rings. The summed E-state index contributed by atoms with van der Waals surface area (Å²) in [6.07, 6.45) is 0. The van der Waals surface area contributed by atoms with Crippen LogP contribution < -0.4 is 0 Å². The Bertz CT molecular complexity index is 880. The van der Waals surface area contributed by atoms with Gasteiger partial charge in [0.1, 0.15) is 9.79 Å². The molecule has 115 valence electrons. The molecule has 0 bridgehead atoms.